The van der Waals surface area contributed by atoms with Crippen LogP contribution in [0.25, 0.3) is 0 Å². The number of nitrogens with zero attached hydrogens (tertiary/aromatic N) is 2. The molecule has 0 radical (unpaired) electrons. The second-order valence-corrected chi connectivity index (χ2v) is 6.75. The Balaban J connectivity index is 2.05. The molecule has 1 heterocycles. The van der Waals surface area contributed by atoms with Gasteiger partial charge in [-0.15, -0.1) is 0 Å². The summed E-state index contributed by atoms with van der Waals surface area (Å²) in [6.07, 6.45) is -0.0163. The Bertz CT molecular complexity index is 874. The van der Waals surface area contributed by atoms with Crippen molar-refractivity contribution in [2.75, 3.05) is 0 Å². The Morgan fingerprint density at radius 2 is 1.96 bits per heavy atom. The lowest BCUT2D eigenvalue weighted by atomic mass is 10.2. The molecule has 2 aromatic rings. The van der Waals surface area contributed by atoms with Gasteiger partial charge < -0.3 is 4.74 Å². The van der Waals surface area contributed by atoms with Crippen LogP contribution < -0.4 is 9.46 Å². The third kappa shape index (κ3) is 4.44. The van der Waals surface area contributed by atoms with E-state index in [9.17, 15) is 13.2 Å². The van der Waals surface area contributed by atoms with Crippen LogP contribution in [0.2, 0.25) is 5.15 Å². The third-order valence-corrected chi connectivity index (χ3v) is 4.47. The van der Waals surface area contributed by atoms with Crippen LogP contribution in [0.15, 0.2) is 47.5 Å². The fraction of sp³-hybridized carbons (Fsp3) is 0.133. The number of nitrogens with one attached hydrogen (secondary N) is 1. The SMILES string of the molecule is C[C@@H](Oc1ccc(C#N)cc1)C(=O)NS(=O)(=O)c1ccc(Cl)nc1. The lowest BCUT2D eigenvalue weighted by molar-refractivity contribution is -0.125. The Kier molecular flexibility index (Phi) is 5.39. The van der Waals surface area contributed by atoms with Gasteiger partial charge in [0.05, 0.1) is 11.6 Å². The number of hydrogen-bond acceptors (Lipinski definition) is 6. The normalized spacial score (nSPS) is 12.0. The molecule has 0 aliphatic carbocycles. The number of aromatic nitrogens is 1. The zero-order valence-electron chi connectivity index (χ0n) is 12.4. The molecule has 1 aromatic heterocycles. The predicted octanol–water partition coefficient (Wildman–Crippen LogP) is 1.88. The summed E-state index contributed by atoms with van der Waals surface area (Å²) in [5.74, 6) is -0.503. The molecule has 1 amide bonds. The molecule has 9 heteroatoms. The first-order valence-corrected chi connectivity index (χ1v) is 8.53. The maximum Gasteiger partial charge on any atom is 0.274 e. The molecule has 0 aliphatic rings. The number of hydrogen-bond donors (Lipinski definition) is 1. The van der Waals surface area contributed by atoms with Crippen LogP contribution in [0.3, 0.4) is 0 Å². The fourth-order valence-electron chi connectivity index (χ4n) is 1.66. The van der Waals surface area contributed by atoms with E-state index in [1.807, 2.05) is 10.8 Å². The van der Waals surface area contributed by atoms with E-state index in [-0.39, 0.29) is 10.0 Å². The summed E-state index contributed by atoms with van der Waals surface area (Å²) in [5.41, 5.74) is 0.442. The number of pyridine rings is 1. The molecular weight excluding hydrogens is 354 g/mol. The molecule has 24 heavy (non-hydrogen) atoms. The van der Waals surface area contributed by atoms with Gasteiger partial charge in [0.15, 0.2) is 6.10 Å². The van der Waals surface area contributed by atoms with Crippen molar-refractivity contribution in [3.8, 4) is 11.8 Å². The van der Waals surface area contributed by atoms with Crippen molar-refractivity contribution in [3.63, 3.8) is 0 Å². The first-order chi connectivity index (χ1) is 11.3. The van der Waals surface area contributed by atoms with E-state index in [1.54, 1.807) is 0 Å². The smallest absolute Gasteiger partial charge is 0.274 e. The number of sulfonamides is 1. The molecule has 0 bridgehead atoms. The number of benzene rings is 1. The quantitative estimate of drug-likeness (QED) is 0.810. The zero-order valence-corrected chi connectivity index (χ0v) is 14.0. The maximum atomic E-state index is 12.1. The molecule has 0 saturated heterocycles. The van der Waals surface area contributed by atoms with E-state index in [4.69, 9.17) is 21.6 Å². The van der Waals surface area contributed by atoms with Crippen LogP contribution >= 0.6 is 11.6 Å². The molecule has 1 atom stereocenters. The molecule has 0 fully saturated rings. The van der Waals surface area contributed by atoms with Crippen molar-refractivity contribution in [1.29, 1.82) is 5.26 Å². The third-order valence-electron chi connectivity index (χ3n) is 2.91. The molecule has 1 aromatic carbocycles. The maximum absolute atomic E-state index is 12.1. The minimum absolute atomic E-state index is 0.137. The first kappa shape index (κ1) is 17.7. The molecule has 0 unspecified atom stereocenters. The van der Waals surface area contributed by atoms with Crippen molar-refractivity contribution in [1.82, 2.24) is 9.71 Å². The van der Waals surface area contributed by atoms with Crippen molar-refractivity contribution in [3.05, 3.63) is 53.3 Å². The Morgan fingerprint density at radius 1 is 1.29 bits per heavy atom. The van der Waals surface area contributed by atoms with Gasteiger partial charge in [-0.3, -0.25) is 4.79 Å². The van der Waals surface area contributed by atoms with Crippen LogP contribution in [0.4, 0.5) is 0 Å². The first-order valence-electron chi connectivity index (χ1n) is 6.67. The number of nitriles is 1. The number of carbonyl (C=O) groups excluding carboxylic acids is 1. The average molecular weight is 366 g/mol. The van der Waals surface area contributed by atoms with Crippen molar-refractivity contribution in [2.24, 2.45) is 0 Å². The van der Waals surface area contributed by atoms with Gasteiger partial charge in [0, 0.05) is 6.20 Å². The number of ether oxygens (including phenoxy) is 1. The monoisotopic (exact) mass is 365 g/mol. The lowest BCUT2D eigenvalue weighted by Crippen LogP contribution is -2.40. The van der Waals surface area contributed by atoms with Crippen molar-refractivity contribution in [2.45, 2.75) is 17.9 Å². The largest absolute Gasteiger partial charge is 0.481 e. The van der Waals surface area contributed by atoms with Gasteiger partial charge >= 0.3 is 0 Å². The van der Waals surface area contributed by atoms with Crippen LogP contribution in [-0.4, -0.2) is 25.4 Å². The van der Waals surface area contributed by atoms with E-state index >= 15 is 0 Å². The summed E-state index contributed by atoms with van der Waals surface area (Å²) in [5, 5.41) is 8.85. The number of carbonyl (C=O) groups is 1. The second kappa shape index (κ2) is 7.29. The van der Waals surface area contributed by atoms with E-state index in [1.165, 1.54) is 43.3 Å². The van der Waals surface area contributed by atoms with Crippen LogP contribution in [0, 0.1) is 11.3 Å². The van der Waals surface area contributed by atoms with E-state index in [0.29, 0.717) is 11.3 Å². The van der Waals surface area contributed by atoms with Gasteiger partial charge in [0.25, 0.3) is 15.9 Å². The van der Waals surface area contributed by atoms with Gasteiger partial charge in [0.2, 0.25) is 0 Å². The van der Waals surface area contributed by atoms with Gasteiger partial charge in [-0.1, -0.05) is 11.6 Å². The highest BCUT2D eigenvalue weighted by Gasteiger charge is 2.23. The molecule has 124 valence electrons. The number of amides is 1. The number of halogens is 1. The summed E-state index contributed by atoms with van der Waals surface area (Å²) < 4.78 is 31.4. The molecule has 1 N–H and O–H groups in total. The Labute approximate surface area is 143 Å². The summed E-state index contributed by atoms with van der Waals surface area (Å²) in [4.78, 5) is 15.5. The predicted molar refractivity (Wildman–Crippen MR) is 85.8 cm³/mol. The minimum atomic E-state index is -4.07. The van der Waals surface area contributed by atoms with Gasteiger partial charge in [-0.2, -0.15) is 5.26 Å². The highest BCUT2D eigenvalue weighted by Crippen LogP contribution is 2.14. The molecule has 2 rings (SSSR count). The van der Waals surface area contributed by atoms with Crippen molar-refractivity contribution >= 4 is 27.5 Å². The molecule has 0 saturated carbocycles. The topological polar surface area (TPSA) is 109 Å². The van der Waals surface area contributed by atoms with Crippen LogP contribution in [-0.2, 0) is 14.8 Å². The minimum Gasteiger partial charge on any atom is -0.481 e. The summed E-state index contributed by atoms with van der Waals surface area (Å²) in [6, 6.07) is 10.6. The van der Waals surface area contributed by atoms with Gasteiger partial charge in [0.1, 0.15) is 15.8 Å². The van der Waals surface area contributed by atoms with Gasteiger partial charge in [-0.05, 0) is 43.3 Å². The zero-order chi connectivity index (χ0) is 17.7. The highest BCUT2D eigenvalue weighted by atomic mass is 35.5. The van der Waals surface area contributed by atoms with Crippen LogP contribution in [0.5, 0.6) is 5.75 Å². The van der Waals surface area contributed by atoms with E-state index in [0.717, 1.165) is 6.20 Å². The molecule has 7 nitrogen and oxygen atoms in total. The Morgan fingerprint density at radius 3 is 2.50 bits per heavy atom. The van der Waals surface area contributed by atoms with E-state index < -0.39 is 22.0 Å². The lowest BCUT2D eigenvalue weighted by Gasteiger charge is -2.14. The van der Waals surface area contributed by atoms with E-state index in [2.05, 4.69) is 4.98 Å². The summed E-state index contributed by atoms with van der Waals surface area (Å²) >= 11 is 5.60. The fourth-order valence-corrected chi connectivity index (χ4v) is 2.76. The second-order valence-electron chi connectivity index (χ2n) is 4.68. The number of rotatable bonds is 5. The highest BCUT2D eigenvalue weighted by molar-refractivity contribution is 7.90. The summed E-state index contributed by atoms with van der Waals surface area (Å²) in [6.45, 7) is 1.41. The molecular formula is C15H12ClN3O4S. The molecule has 0 spiro atoms. The van der Waals surface area contributed by atoms with Gasteiger partial charge in [-0.25, -0.2) is 18.1 Å². The average Bonchev–Trinajstić information content (AvgIpc) is 2.55. The standard InChI is InChI=1S/C15H12ClN3O4S/c1-10(23-12-4-2-11(8-17)3-5-12)15(20)19-24(21,22)13-6-7-14(16)18-9-13/h2-7,9-10H,1H3,(H,19,20)/t10-/m1/s1. The van der Waals surface area contributed by atoms with Crippen LogP contribution in [0.1, 0.15) is 12.5 Å². The summed E-state index contributed by atoms with van der Waals surface area (Å²) in [7, 11) is -4.07. The molecule has 0 aliphatic heterocycles. The van der Waals surface area contributed by atoms with Crippen molar-refractivity contribution < 1.29 is 17.9 Å². The Hall–Kier alpha value is -2.63.